The molecule has 2 heterocycles. The lowest BCUT2D eigenvalue weighted by Gasteiger charge is -2.12. The van der Waals surface area contributed by atoms with Crippen molar-refractivity contribution in [2.75, 3.05) is 6.54 Å². The number of fused-ring (bicyclic) bond motifs is 1. The monoisotopic (exact) mass is 294 g/mol. The molecule has 0 spiro atoms. The second-order valence-electron chi connectivity index (χ2n) is 5.07. The van der Waals surface area contributed by atoms with Gasteiger partial charge in [0.1, 0.15) is 5.01 Å². The minimum Gasteiger partial charge on any atom is -0.338 e. The molecule has 0 atom stereocenters. The zero-order valence-corrected chi connectivity index (χ0v) is 12.2. The van der Waals surface area contributed by atoms with E-state index in [0.29, 0.717) is 19.0 Å². The number of carbonyl (C=O) groups excluding carboxylic acids is 1. The first-order valence-corrected chi connectivity index (χ1v) is 7.76. The van der Waals surface area contributed by atoms with Crippen molar-refractivity contribution in [1.82, 2.24) is 30.4 Å². The summed E-state index contributed by atoms with van der Waals surface area (Å²) in [5, 5.41) is 19.2. The highest BCUT2D eigenvalue weighted by atomic mass is 32.1. The number of aryl methyl sites for hydroxylation is 1. The summed E-state index contributed by atoms with van der Waals surface area (Å²) in [7, 11) is 0. The average molecular weight is 294 g/mol. The second kappa shape index (κ2) is 5.74. The molecule has 1 saturated carbocycles. The number of hydrogen-bond acceptors (Lipinski definition) is 5. The Morgan fingerprint density at radius 3 is 2.95 bits per heavy atom. The van der Waals surface area contributed by atoms with Crippen molar-refractivity contribution < 1.29 is 4.79 Å². The molecule has 2 aromatic rings. The fraction of sp³-hybridized carbons (Fsp3) is 0.667. The number of carbonyl (C=O) groups is 1. The molecular weight excluding hydrogens is 276 g/mol. The lowest BCUT2D eigenvalue weighted by molar-refractivity contribution is 0.237. The standard InChI is InChI=1S/C12H18N6OS/c1-8-15-16-12-18(8)17-10(20-12)6-7-13-11(19)14-9-4-2-3-5-9/h9H,2-7H2,1H3,(H2,13,14,19). The van der Waals surface area contributed by atoms with Crippen LogP contribution in [0.15, 0.2) is 0 Å². The summed E-state index contributed by atoms with van der Waals surface area (Å²) in [4.78, 5) is 12.5. The van der Waals surface area contributed by atoms with Crippen LogP contribution in [0.5, 0.6) is 0 Å². The van der Waals surface area contributed by atoms with Crippen LogP contribution in [-0.2, 0) is 6.42 Å². The molecule has 1 aliphatic rings. The largest absolute Gasteiger partial charge is 0.338 e. The van der Waals surface area contributed by atoms with Gasteiger partial charge in [-0.05, 0) is 19.8 Å². The van der Waals surface area contributed by atoms with E-state index in [0.717, 1.165) is 28.6 Å². The quantitative estimate of drug-likeness (QED) is 0.889. The van der Waals surface area contributed by atoms with Crippen LogP contribution in [0.4, 0.5) is 4.79 Å². The van der Waals surface area contributed by atoms with E-state index in [-0.39, 0.29) is 6.03 Å². The zero-order chi connectivity index (χ0) is 13.9. The molecule has 2 aromatic heterocycles. The first-order valence-electron chi connectivity index (χ1n) is 6.94. The molecule has 2 amide bonds. The number of nitrogens with one attached hydrogen (secondary N) is 2. The van der Waals surface area contributed by atoms with Gasteiger partial charge in [-0.25, -0.2) is 4.79 Å². The predicted octanol–water partition coefficient (Wildman–Crippen LogP) is 1.28. The van der Waals surface area contributed by atoms with Crippen LogP contribution in [0.25, 0.3) is 4.96 Å². The summed E-state index contributed by atoms with van der Waals surface area (Å²) in [5.74, 6) is 0.787. The van der Waals surface area contributed by atoms with E-state index in [2.05, 4.69) is 25.9 Å². The lowest BCUT2D eigenvalue weighted by atomic mass is 10.2. The predicted molar refractivity (Wildman–Crippen MR) is 75.9 cm³/mol. The van der Waals surface area contributed by atoms with E-state index in [1.165, 1.54) is 24.2 Å². The van der Waals surface area contributed by atoms with Crippen LogP contribution < -0.4 is 10.6 Å². The first kappa shape index (κ1) is 13.3. The average Bonchev–Trinajstić information content (AvgIpc) is 3.10. The van der Waals surface area contributed by atoms with Gasteiger partial charge in [0.05, 0.1) is 0 Å². The van der Waals surface area contributed by atoms with Gasteiger partial charge in [0.2, 0.25) is 4.96 Å². The van der Waals surface area contributed by atoms with Gasteiger partial charge in [0.25, 0.3) is 0 Å². The Balaban J connectivity index is 1.45. The fourth-order valence-electron chi connectivity index (χ4n) is 2.44. The van der Waals surface area contributed by atoms with Gasteiger partial charge in [-0.1, -0.05) is 24.2 Å². The highest BCUT2D eigenvalue weighted by Gasteiger charge is 2.16. The van der Waals surface area contributed by atoms with Crippen molar-refractivity contribution in [3.63, 3.8) is 0 Å². The van der Waals surface area contributed by atoms with Crippen LogP contribution in [0.2, 0.25) is 0 Å². The van der Waals surface area contributed by atoms with Crippen LogP contribution in [0.3, 0.4) is 0 Å². The van der Waals surface area contributed by atoms with Gasteiger partial charge < -0.3 is 10.6 Å². The topological polar surface area (TPSA) is 84.2 Å². The maximum Gasteiger partial charge on any atom is 0.315 e. The maximum absolute atomic E-state index is 11.7. The van der Waals surface area contributed by atoms with Crippen molar-refractivity contribution in [2.45, 2.75) is 45.1 Å². The molecule has 8 heteroatoms. The van der Waals surface area contributed by atoms with E-state index in [9.17, 15) is 4.79 Å². The molecule has 7 nitrogen and oxygen atoms in total. The Morgan fingerprint density at radius 2 is 2.20 bits per heavy atom. The number of rotatable bonds is 4. The van der Waals surface area contributed by atoms with Gasteiger partial charge >= 0.3 is 6.03 Å². The van der Waals surface area contributed by atoms with Crippen LogP contribution in [0, 0.1) is 6.92 Å². The molecule has 0 aromatic carbocycles. The van der Waals surface area contributed by atoms with Crippen LogP contribution in [-0.4, -0.2) is 38.4 Å². The van der Waals surface area contributed by atoms with Crippen LogP contribution >= 0.6 is 11.3 Å². The molecule has 2 N–H and O–H groups in total. The SMILES string of the molecule is Cc1nnc2sc(CCNC(=O)NC3CCCC3)nn12. The summed E-state index contributed by atoms with van der Waals surface area (Å²) in [5.41, 5.74) is 0. The Kier molecular flexibility index (Phi) is 3.81. The molecule has 3 rings (SSSR count). The fourth-order valence-corrected chi connectivity index (χ4v) is 3.32. The molecule has 0 radical (unpaired) electrons. The third-order valence-corrected chi connectivity index (χ3v) is 4.46. The van der Waals surface area contributed by atoms with Gasteiger partial charge in [-0.15, -0.1) is 10.2 Å². The number of nitrogens with zero attached hydrogens (tertiary/aromatic N) is 4. The van der Waals surface area contributed by atoms with Gasteiger partial charge in [0.15, 0.2) is 5.82 Å². The Hall–Kier alpha value is -1.70. The minimum absolute atomic E-state index is 0.0731. The van der Waals surface area contributed by atoms with Crippen molar-refractivity contribution in [2.24, 2.45) is 0 Å². The molecule has 0 unspecified atom stereocenters. The first-order chi connectivity index (χ1) is 9.72. The zero-order valence-electron chi connectivity index (χ0n) is 11.4. The molecule has 0 aliphatic heterocycles. The lowest BCUT2D eigenvalue weighted by Crippen LogP contribution is -2.41. The van der Waals surface area contributed by atoms with Crippen LogP contribution in [0.1, 0.15) is 36.5 Å². The normalized spacial score (nSPS) is 15.8. The molecule has 0 saturated heterocycles. The minimum atomic E-state index is -0.0731. The summed E-state index contributed by atoms with van der Waals surface area (Å²) < 4.78 is 1.73. The summed E-state index contributed by atoms with van der Waals surface area (Å²) in [6.07, 6.45) is 5.35. The van der Waals surface area contributed by atoms with E-state index in [1.54, 1.807) is 4.52 Å². The summed E-state index contributed by atoms with van der Waals surface area (Å²) in [6, 6.07) is 0.281. The van der Waals surface area contributed by atoms with Crippen molar-refractivity contribution in [3.8, 4) is 0 Å². The smallest absolute Gasteiger partial charge is 0.315 e. The molecule has 20 heavy (non-hydrogen) atoms. The third kappa shape index (κ3) is 2.90. The highest BCUT2D eigenvalue weighted by Crippen LogP contribution is 2.17. The molecule has 1 fully saturated rings. The van der Waals surface area contributed by atoms with Crippen molar-refractivity contribution in [1.29, 1.82) is 0 Å². The summed E-state index contributed by atoms with van der Waals surface area (Å²) >= 11 is 1.51. The molecular formula is C12H18N6OS. The van der Waals surface area contributed by atoms with Gasteiger partial charge in [-0.3, -0.25) is 0 Å². The summed E-state index contributed by atoms with van der Waals surface area (Å²) in [6.45, 7) is 2.46. The van der Waals surface area contributed by atoms with E-state index in [4.69, 9.17) is 0 Å². The van der Waals surface area contributed by atoms with E-state index >= 15 is 0 Å². The third-order valence-electron chi connectivity index (χ3n) is 3.50. The number of aromatic nitrogens is 4. The van der Waals surface area contributed by atoms with Crippen molar-refractivity contribution >= 4 is 22.3 Å². The van der Waals surface area contributed by atoms with Crippen molar-refractivity contribution in [3.05, 3.63) is 10.8 Å². The second-order valence-corrected chi connectivity index (χ2v) is 6.11. The van der Waals surface area contributed by atoms with Gasteiger partial charge in [0, 0.05) is 19.0 Å². The Bertz CT molecular complexity index is 600. The Morgan fingerprint density at radius 1 is 1.40 bits per heavy atom. The number of amides is 2. The molecule has 1 aliphatic carbocycles. The highest BCUT2D eigenvalue weighted by molar-refractivity contribution is 7.16. The van der Waals surface area contributed by atoms with E-state index < -0.39 is 0 Å². The Labute approximate surface area is 120 Å². The van der Waals surface area contributed by atoms with Gasteiger partial charge in [-0.2, -0.15) is 9.61 Å². The molecule has 0 bridgehead atoms. The number of hydrogen-bond donors (Lipinski definition) is 2. The number of urea groups is 1. The maximum atomic E-state index is 11.7. The van der Waals surface area contributed by atoms with E-state index in [1.807, 2.05) is 6.92 Å². The molecule has 108 valence electrons.